The number of rotatable bonds is 9. The van der Waals surface area contributed by atoms with E-state index in [4.69, 9.17) is 0 Å². The van der Waals surface area contributed by atoms with Crippen LogP contribution in [-0.4, -0.2) is 0 Å². The first kappa shape index (κ1) is 15.8. The number of hydrogen-bond donors (Lipinski definition) is 0. The van der Waals surface area contributed by atoms with E-state index in [1.165, 1.54) is 54.4 Å². The van der Waals surface area contributed by atoms with Crippen molar-refractivity contribution in [3.63, 3.8) is 0 Å². The lowest BCUT2D eigenvalue weighted by molar-refractivity contribution is 0.689. The van der Waals surface area contributed by atoms with Crippen molar-refractivity contribution in [2.24, 2.45) is 0 Å². The molecule has 0 aromatic heterocycles. The Kier molecular flexibility index (Phi) is 7.25. The van der Waals surface area contributed by atoms with Crippen molar-refractivity contribution in [1.82, 2.24) is 0 Å². The lowest BCUT2D eigenvalue weighted by Gasteiger charge is -2.07. The molecule has 0 aliphatic rings. The first-order chi connectivity index (χ1) is 9.13. The SMILES string of the molecule is C=C(C)CCCCCC(=C)c1ccc(CCC)cc1. The molecule has 0 bridgehead atoms. The van der Waals surface area contributed by atoms with E-state index in [9.17, 15) is 0 Å². The average Bonchev–Trinajstić information content (AvgIpc) is 2.39. The Morgan fingerprint density at radius 3 is 2.16 bits per heavy atom. The maximum Gasteiger partial charge on any atom is -0.0230 e. The molecular formula is C19H28. The standard InChI is InChI=1S/C19H28/c1-5-9-18-12-14-19(15-13-18)17(4)11-8-6-7-10-16(2)3/h12-15H,2,4-11H2,1,3H3. The van der Waals surface area contributed by atoms with Crippen molar-refractivity contribution in [1.29, 1.82) is 0 Å². The molecule has 0 fully saturated rings. The fourth-order valence-electron chi connectivity index (χ4n) is 2.28. The molecule has 0 radical (unpaired) electrons. The third kappa shape index (κ3) is 6.42. The molecule has 0 heteroatoms. The second-order valence-corrected chi connectivity index (χ2v) is 5.57. The van der Waals surface area contributed by atoms with E-state index < -0.39 is 0 Å². The molecule has 19 heavy (non-hydrogen) atoms. The molecule has 1 aromatic rings. The summed E-state index contributed by atoms with van der Waals surface area (Å²) < 4.78 is 0. The summed E-state index contributed by atoms with van der Waals surface area (Å²) in [6.07, 6.45) is 8.44. The zero-order valence-corrected chi connectivity index (χ0v) is 12.7. The Morgan fingerprint density at radius 1 is 0.947 bits per heavy atom. The molecule has 0 nitrogen and oxygen atoms in total. The Bertz CT molecular complexity index is 395. The summed E-state index contributed by atoms with van der Waals surface area (Å²) in [6.45, 7) is 12.5. The quantitative estimate of drug-likeness (QED) is 0.365. The summed E-state index contributed by atoms with van der Waals surface area (Å²) in [4.78, 5) is 0. The summed E-state index contributed by atoms with van der Waals surface area (Å²) in [5, 5.41) is 0. The van der Waals surface area contributed by atoms with Crippen molar-refractivity contribution < 1.29 is 0 Å². The number of benzene rings is 1. The predicted octanol–water partition coefficient (Wildman–Crippen LogP) is 6.18. The van der Waals surface area contributed by atoms with E-state index >= 15 is 0 Å². The minimum Gasteiger partial charge on any atom is -0.100 e. The van der Waals surface area contributed by atoms with E-state index in [0.717, 1.165) is 12.8 Å². The zero-order valence-electron chi connectivity index (χ0n) is 12.7. The van der Waals surface area contributed by atoms with Crippen LogP contribution in [0.3, 0.4) is 0 Å². The lowest BCUT2D eigenvalue weighted by atomic mass is 9.98. The molecule has 0 atom stereocenters. The van der Waals surface area contributed by atoms with Gasteiger partial charge in [0.25, 0.3) is 0 Å². The van der Waals surface area contributed by atoms with Gasteiger partial charge in [-0.15, -0.1) is 6.58 Å². The predicted molar refractivity (Wildman–Crippen MR) is 87.4 cm³/mol. The van der Waals surface area contributed by atoms with E-state index in [-0.39, 0.29) is 0 Å². The van der Waals surface area contributed by atoms with Crippen LogP contribution in [0.1, 0.15) is 63.5 Å². The highest BCUT2D eigenvalue weighted by molar-refractivity contribution is 5.63. The molecule has 0 aliphatic heterocycles. The van der Waals surface area contributed by atoms with Crippen LogP contribution < -0.4 is 0 Å². The van der Waals surface area contributed by atoms with Crippen LogP contribution in [0.2, 0.25) is 0 Å². The van der Waals surface area contributed by atoms with Crippen molar-refractivity contribution in [3.05, 3.63) is 54.1 Å². The number of allylic oxidation sites excluding steroid dienone is 2. The fraction of sp³-hybridized carbons (Fsp3) is 0.474. The number of unbranched alkanes of at least 4 members (excludes halogenated alkanes) is 2. The largest absolute Gasteiger partial charge is 0.100 e. The van der Waals surface area contributed by atoms with E-state index in [1.807, 2.05) is 0 Å². The van der Waals surface area contributed by atoms with Crippen molar-refractivity contribution in [2.75, 3.05) is 0 Å². The highest BCUT2D eigenvalue weighted by Crippen LogP contribution is 2.20. The van der Waals surface area contributed by atoms with Crippen LogP contribution in [0.4, 0.5) is 0 Å². The van der Waals surface area contributed by atoms with Crippen molar-refractivity contribution in [3.8, 4) is 0 Å². The normalized spacial score (nSPS) is 10.4. The lowest BCUT2D eigenvalue weighted by Crippen LogP contribution is -1.87. The minimum atomic E-state index is 1.11. The van der Waals surface area contributed by atoms with Gasteiger partial charge in [0.15, 0.2) is 0 Å². The maximum absolute atomic E-state index is 4.22. The minimum absolute atomic E-state index is 1.11. The van der Waals surface area contributed by atoms with E-state index in [2.05, 4.69) is 51.3 Å². The van der Waals surface area contributed by atoms with Crippen LogP contribution in [0.25, 0.3) is 5.57 Å². The van der Waals surface area contributed by atoms with Gasteiger partial charge >= 0.3 is 0 Å². The maximum atomic E-state index is 4.22. The van der Waals surface area contributed by atoms with Gasteiger partial charge in [-0.3, -0.25) is 0 Å². The molecule has 1 aromatic carbocycles. The summed E-state index contributed by atoms with van der Waals surface area (Å²) in [6, 6.07) is 8.93. The highest BCUT2D eigenvalue weighted by Gasteiger charge is 2.00. The molecule has 0 amide bonds. The summed E-state index contributed by atoms with van der Waals surface area (Å²) >= 11 is 0. The van der Waals surface area contributed by atoms with Gasteiger partial charge in [0.05, 0.1) is 0 Å². The summed E-state index contributed by atoms with van der Waals surface area (Å²) in [7, 11) is 0. The van der Waals surface area contributed by atoms with Crippen LogP contribution >= 0.6 is 0 Å². The molecular weight excluding hydrogens is 228 g/mol. The molecule has 0 saturated carbocycles. The van der Waals surface area contributed by atoms with Gasteiger partial charge in [-0.1, -0.05) is 56.2 Å². The second-order valence-electron chi connectivity index (χ2n) is 5.57. The number of hydrogen-bond acceptors (Lipinski definition) is 0. The molecule has 1 rings (SSSR count). The van der Waals surface area contributed by atoms with Gasteiger partial charge in [0.2, 0.25) is 0 Å². The van der Waals surface area contributed by atoms with Gasteiger partial charge < -0.3 is 0 Å². The molecule has 0 heterocycles. The van der Waals surface area contributed by atoms with Crippen LogP contribution in [-0.2, 0) is 6.42 Å². The molecule has 0 aliphatic carbocycles. The third-order valence-electron chi connectivity index (χ3n) is 3.48. The highest BCUT2D eigenvalue weighted by atomic mass is 14.1. The Balaban J connectivity index is 2.30. The van der Waals surface area contributed by atoms with Crippen LogP contribution in [0.15, 0.2) is 43.0 Å². The van der Waals surface area contributed by atoms with Crippen molar-refractivity contribution in [2.45, 2.75) is 58.8 Å². The van der Waals surface area contributed by atoms with E-state index in [1.54, 1.807) is 0 Å². The molecule has 0 spiro atoms. The zero-order chi connectivity index (χ0) is 14.1. The number of aryl methyl sites for hydroxylation is 1. The molecule has 104 valence electrons. The van der Waals surface area contributed by atoms with Crippen molar-refractivity contribution >= 4 is 5.57 Å². The average molecular weight is 256 g/mol. The monoisotopic (exact) mass is 256 g/mol. The van der Waals surface area contributed by atoms with Gasteiger partial charge in [0.1, 0.15) is 0 Å². The fourth-order valence-corrected chi connectivity index (χ4v) is 2.28. The molecule has 0 unspecified atom stereocenters. The first-order valence-corrected chi connectivity index (χ1v) is 7.55. The topological polar surface area (TPSA) is 0 Å². The smallest absolute Gasteiger partial charge is 0.0230 e. The third-order valence-corrected chi connectivity index (χ3v) is 3.48. The van der Waals surface area contributed by atoms with Gasteiger partial charge in [-0.2, -0.15) is 0 Å². The molecule has 0 N–H and O–H groups in total. The van der Waals surface area contributed by atoms with E-state index in [0.29, 0.717) is 0 Å². The molecule has 0 saturated heterocycles. The van der Waals surface area contributed by atoms with Gasteiger partial charge in [0, 0.05) is 0 Å². The Hall–Kier alpha value is -1.30. The van der Waals surface area contributed by atoms with Crippen LogP contribution in [0, 0.1) is 0 Å². The Labute approximate surface area is 119 Å². The Morgan fingerprint density at radius 2 is 1.58 bits per heavy atom. The first-order valence-electron chi connectivity index (χ1n) is 7.55. The van der Waals surface area contributed by atoms with Gasteiger partial charge in [-0.25, -0.2) is 0 Å². The van der Waals surface area contributed by atoms with Crippen LogP contribution in [0.5, 0.6) is 0 Å². The summed E-state index contributed by atoms with van der Waals surface area (Å²) in [5.41, 5.74) is 5.31. The summed E-state index contributed by atoms with van der Waals surface area (Å²) in [5.74, 6) is 0. The second kappa shape index (κ2) is 8.74. The van der Waals surface area contributed by atoms with Gasteiger partial charge in [-0.05, 0) is 55.7 Å².